The molecule has 1 aromatic rings. The van der Waals surface area contributed by atoms with Crippen molar-refractivity contribution in [3.8, 4) is 0 Å². The highest BCUT2D eigenvalue weighted by Gasteiger charge is 2.25. The largest absolute Gasteiger partial charge is 0.394 e. The zero-order valence-electron chi connectivity index (χ0n) is 11.1. The maximum absolute atomic E-state index is 9.23. The van der Waals surface area contributed by atoms with E-state index in [0.717, 1.165) is 24.0 Å². The quantitative estimate of drug-likeness (QED) is 0.812. The molecular weight excluding hydrogens is 232 g/mol. The molecule has 1 saturated heterocycles. The molecule has 0 aliphatic carbocycles. The Labute approximate surface area is 107 Å². The number of aromatic nitrogens is 2. The minimum Gasteiger partial charge on any atom is -0.394 e. The van der Waals surface area contributed by atoms with Crippen LogP contribution < -0.4 is 10.2 Å². The van der Waals surface area contributed by atoms with Crippen LogP contribution in [0.1, 0.15) is 12.7 Å². The Hall–Kier alpha value is -1.40. The molecule has 18 heavy (non-hydrogen) atoms. The number of hydrogen-bond donors (Lipinski definition) is 2. The second kappa shape index (κ2) is 5.49. The summed E-state index contributed by atoms with van der Waals surface area (Å²) < 4.78 is 5.62. The van der Waals surface area contributed by atoms with Gasteiger partial charge in [-0.3, -0.25) is 0 Å². The summed E-state index contributed by atoms with van der Waals surface area (Å²) >= 11 is 0. The van der Waals surface area contributed by atoms with E-state index in [1.54, 1.807) is 0 Å². The highest BCUT2D eigenvalue weighted by atomic mass is 16.5. The molecule has 1 aliphatic heterocycles. The molecule has 100 valence electrons. The fraction of sp³-hybridized carbons (Fsp3) is 0.667. The third-order valence-electron chi connectivity index (χ3n) is 2.93. The van der Waals surface area contributed by atoms with Crippen LogP contribution in [0.15, 0.2) is 6.07 Å². The highest BCUT2D eigenvalue weighted by molar-refractivity contribution is 5.49. The third-order valence-corrected chi connectivity index (χ3v) is 2.93. The van der Waals surface area contributed by atoms with Crippen LogP contribution >= 0.6 is 0 Å². The fourth-order valence-corrected chi connectivity index (χ4v) is 2.18. The molecular formula is C12H20N4O2. The van der Waals surface area contributed by atoms with Gasteiger partial charge in [0.2, 0.25) is 0 Å². The van der Waals surface area contributed by atoms with Gasteiger partial charge in [-0.25, -0.2) is 9.97 Å². The van der Waals surface area contributed by atoms with Gasteiger partial charge in [-0.05, 0) is 13.8 Å². The molecule has 2 N–H and O–H groups in total. The molecule has 0 aromatic carbocycles. The topological polar surface area (TPSA) is 70.5 Å². The zero-order chi connectivity index (χ0) is 13.1. The summed E-state index contributed by atoms with van der Waals surface area (Å²) in [5.74, 6) is 2.41. The first-order valence-electron chi connectivity index (χ1n) is 6.17. The van der Waals surface area contributed by atoms with Gasteiger partial charge >= 0.3 is 0 Å². The van der Waals surface area contributed by atoms with Gasteiger partial charge in [0.15, 0.2) is 0 Å². The lowest BCUT2D eigenvalue weighted by atomic mass is 10.2. The predicted molar refractivity (Wildman–Crippen MR) is 69.9 cm³/mol. The van der Waals surface area contributed by atoms with Gasteiger partial charge in [0, 0.05) is 26.2 Å². The van der Waals surface area contributed by atoms with Crippen LogP contribution in [-0.2, 0) is 4.74 Å². The summed E-state index contributed by atoms with van der Waals surface area (Å²) in [6, 6.07) is 1.92. The Morgan fingerprint density at radius 2 is 2.28 bits per heavy atom. The van der Waals surface area contributed by atoms with Crippen LogP contribution in [0.3, 0.4) is 0 Å². The van der Waals surface area contributed by atoms with E-state index < -0.39 is 0 Å². The number of hydrogen-bond acceptors (Lipinski definition) is 6. The third kappa shape index (κ3) is 2.88. The normalized spacial score (nSPS) is 24.1. The summed E-state index contributed by atoms with van der Waals surface area (Å²) in [4.78, 5) is 10.9. The van der Waals surface area contributed by atoms with E-state index in [9.17, 15) is 5.11 Å². The molecule has 0 bridgehead atoms. The smallest absolute Gasteiger partial charge is 0.134 e. The number of nitrogens with one attached hydrogen (secondary N) is 1. The Balaban J connectivity index is 2.21. The van der Waals surface area contributed by atoms with E-state index in [2.05, 4.69) is 20.2 Å². The van der Waals surface area contributed by atoms with Gasteiger partial charge in [-0.2, -0.15) is 0 Å². The molecule has 1 aromatic heterocycles. The molecule has 6 nitrogen and oxygen atoms in total. The van der Waals surface area contributed by atoms with Gasteiger partial charge in [-0.1, -0.05) is 0 Å². The van der Waals surface area contributed by atoms with Crippen LogP contribution in [0.25, 0.3) is 0 Å². The van der Waals surface area contributed by atoms with Crippen molar-refractivity contribution in [1.29, 1.82) is 0 Å². The molecule has 2 atom stereocenters. The Morgan fingerprint density at radius 3 is 2.94 bits per heavy atom. The summed E-state index contributed by atoms with van der Waals surface area (Å²) in [7, 11) is 1.84. The average molecular weight is 252 g/mol. The fourth-order valence-electron chi connectivity index (χ4n) is 2.18. The molecule has 0 saturated carbocycles. The molecule has 0 radical (unpaired) electrons. The number of ether oxygens (including phenoxy) is 1. The summed E-state index contributed by atoms with van der Waals surface area (Å²) in [6.07, 6.45) is -0.0636. The zero-order valence-corrected chi connectivity index (χ0v) is 11.1. The summed E-state index contributed by atoms with van der Waals surface area (Å²) in [5.41, 5.74) is 0. The Morgan fingerprint density at radius 1 is 1.50 bits per heavy atom. The van der Waals surface area contributed by atoms with Crippen LogP contribution in [0.5, 0.6) is 0 Å². The molecule has 6 heteroatoms. The van der Waals surface area contributed by atoms with Crippen LogP contribution in [0, 0.1) is 6.92 Å². The van der Waals surface area contributed by atoms with Gasteiger partial charge in [0.1, 0.15) is 17.5 Å². The standard InChI is InChI=1S/C12H20N4O2/c1-8-5-16(6-10(7-17)18-8)12-4-11(13-3)14-9(2)15-12/h4,8,10,17H,5-7H2,1-3H3,(H,13,14,15). The number of aliphatic hydroxyl groups is 1. The summed E-state index contributed by atoms with van der Waals surface area (Å²) in [5, 5.41) is 12.3. The van der Waals surface area contributed by atoms with E-state index >= 15 is 0 Å². The highest BCUT2D eigenvalue weighted by Crippen LogP contribution is 2.20. The average Bonchev–Trinajstić information content (AvgIpc) is 2.37. The van der Waals surface area contributed by atoms with Crippen molar-refractivity contribution >= 4 is 11.6 Å². The van der Waals surface area contributed by atoms with Crippen molar-refractivity contribution in [2.75, 3.05) is 37.0 Å². The SMILES string of the molecule is CNc1cc(N2CC(C)OC(CO)C2)nc(C)n1. The van der Waals surface area contributed by atoms with E-state index in [1.807, 2.05) is 27.0 Å². The molecule has 0 spiro atoms. The van der Waals surface area contributed by atoms with Crippen molar-refractivity contribution in [1.82, 2.24) is 9.97 Å². The van der Waals surface area contributed by atoms with Gasteiger partial charge in [0.25, 0.3) is 0 Å². The number of nitrogens with zero attached hydrogens (tertiary/aromatic N) is 3. The predicted octanol–water partition coefficient (Wildman–Crippen LogP) is 0.413. The molecule has 1 fully saturated rings. The van der Waals surface area contributed by atoms with Crippen molar-refractivity contribution in [2.24, 2.45) is 0 Å². The van der Waals surface area contributed by atoms with Crippen molar-refractivity contribution in [3.05, 3.63) is 11.9 Å². The molecule has 2 unspecified atom stereocenters. The lowest BCUT2D eigenvalue weighted by Crippen LogP contribution is -2.48. The van der Waals surface area contributed by atoms with E-state index in [4.69, 9.17) is 4.74 Å². The molecule has 1 aliphatic rings. The maximum Gasteiger partial charge on any atom is 0.134 e. The monoisotopic (exact) mass is 252 g/mol. The second-order valence-electron chi connectivity index (χ2n) is 4.56. The van der Waals surface area contributed by atoms with Crippen LogP contribution in [0.2, 0.25) is 0 Å². The van der Waals surface area contributed by atoms with Crippen molar-refractivity contribution in [2.45, 2.75) is 26.1 Å². The first kappa shape index (κ1) is 13.0. The Kier molecular flexibility index (Phi) is 3.98. The van der Waals surface area contributed by atoms with Gasteiger partial charge in [-0.15, -0.1) is 0 Å². The second-order valence-corrected chi connectivity index (χ2v) is 4.56. The van der Waals surface area contributed by atoms with E-state index in [1.165, 1.54) is 0 Å². The van der Waals surface area contributed by atoms with Crippen LogP contribution in [-0.4, -0.2) is 54.0 Å². The maximum atomic E-state index is 9.23. The summed E-state index contributed by atoms with van der Waals surface area (Å²) in [6.45, 7) is 5.33. The van der Waals surface area contributed by atoms with Crippen molar-refractivity contribution in [3.63, 3.8) is 0 Å². The lowest BCUT2D eigenvalue weighted by Gasteiger charge is -2.36. The van der Waals surface area contributed by atoms with Gasteiger partial charge < -0.3 is 20.1 Å². The minimum absolute atomic E-state index is 0.0315. The lowest BCUT2D eigenvalue weighted by molar-refractivity contribution is -0.0423. The van der Waals surface area contributed by atoms with E-state index in [0.29, 0.717) is 6.54 Å². The number of aryl methyl sites for hydroxylation is 1. The van der Waals surface area contributed by atoms with Crippen LogP contribution in [0.4, 0.5) is 11.6 Å². The first-order chi connectivity index (χ1) is 8.62. The first-order valence-corrected chi connectivity index (χ1v) is 6.17. The van der Waals surface area contributed by atoms with E-state index in [-0.39, 0.29) is 18.8 Å². The van der Waals surface area contributed by atoms with Crippen molar-refractivity contribution < 1.29 is 9.84 Å². The number of morpholine rings is 1. The number of rotatable bonds is 3. The number of aliphatic hydroxyl groups excluding tert-OH is 1. The number of anilines is 2. The van der Waals surface area contributed by atoms with Gasteiger partial charge in [0.05, 0.1) is 18.8 Å². The molecule has 2 heterocycles. The minimum atomic E-state index is -0.151. The Bertz CT molecular complexity index is 413. The molecule has 0 amide bonds. The molecule has 2 rings (SSSR count).